The van der Waals surface area contributed by atoms with E-state index in [0.717, 1.165) is 31.8 Å². The molecule has 1 aromatic heterocycles. The van der Waals surface area contributed by atoms with Crippen molar-refractivity contribution >= 4 is 5.82 Å². The molecule has 0 aliphatic heterocycles. The first-order valence-corrected chi connectivity index (χ1v) is 7.21. The van der Waals surface area contributed by atoms with Crippen LogP contribution in [0.3, 0.4) is 0 Å². The minimum absolute atomic E-state index is 0.214. The van der Waals surface area contributed by atoms with Crippen molar-refractivity contribution in [1.82, 2.24) is 4.98 Å². The second-order valence-corrected chi connectivity index (χ2v) is 5.28. The van der Waals surface area contributed by atoms with Crippen LogP contribution in [0.25, 0.3) is 0 Å². The van der Waals surface area contributed by atoms with E-state index in [1.807, 2.05) is 12.3 Å². The van der Waals surface area contributed by atoms with E-state index in [9.17, 15) is 0 Å². The van der Waals surface area contributed by atoms with E-state index in [1.165, 1.54) is 18.4 Å². The van der Waals surface area contributed by atoms with E-state index in [1.54, 1.807) is 7.11 Å². The van der Waals surface area contributed by atoms with Crippen molar-refractivity contribution in [3.8, 4) is 0 Å². The third-order valence-corrected chi connectivity index (χ3v) is 3.67. The second-order valence-electron chi connectivity index (χ2n) is 5.28. The number of ether oxygens (including phenoxy) is 1. The summed E-state index contributed by atoms with van der Waals surface area (Å²) in [6.07, 6.45) is 6.29. The molecule has 0 bridgehead atoms. The van der Waals surface area contributed by atoms with Gasteiger partial charge in [-0.1, -0.05) is 13.0 Å². The van der Waals surface area contributed by atoms with Gasteiger partial charge in [0.05, 0.1) is 6.61 Å². The van der Waals surface area contributed by atoms with Crippen LogP contribution in [0.1, 0.15) is 31.7 Å². The van der Waals surface area contributed by atoms with Crippen molar-refractivity contribution in [3.63, 3.8) is 0 Å². The Hall–Kier alpha value is -1.13. The molecule has 1 unspecified atom stereocenters. The van der Waals surface area contributed by atoms with Gasteiger partial charge in [-0.05, 0) is 37.3 Å². The molecule has 1 aliphatic carbocycles. The molecule has 19 heavy (non-hydrogen) atoms. The first kappa shape index (κ1) is 14.3. The lowest BCUT2D eigenvalue weighted by Gasteiger charge is -2.26. The van der Waals surface area contributed by atoms with Crippen LogP contribution < -0.4 is 10.6 Å². The topological polar surface area (TPSA) is 51.4 Å². The van der Waals surface area contributed by atoms with E-state index in [4.69, 9.17) is 10.5 Å². The zero-order valence-electron chi connectivity index (χ0n) is 12.0. The SMILES string of the molecule is CCC(N)Cc1cccnc1N(CCOC)C1CC1. The van der Waals surface area contributed by atoms with E-state index < -0.39 is 0 Å². The van der Waals surface area contributed by atoms with E-state index in [0.29, 0.717) is 6.04 Å². The largest absolute Gasteiger partial charge is 0.383 e. The van der Waals surface area contributed by atoms with Gasteiger partial charge in [0.1, 0.15) is 5.82 Å². The van der Waals surface area contributed by atoms with Crippen LogP contribution in [0.15, 0.2) is 18.3 Å². The van der Waals surface area contributed by atoms with Gasteiger partial charge >= 0.3 is 0 Å². The van der Waals surface area contributed by atoms with Crippen LogP contribution in [0.2, 0.25) is 0 Å². The Bertz CT molecular complexity index is 393. The van der Waals surface area contributed by atoms with Gasteiger partial charge < -0.3 is 15.4 Å². The molecule has 4 nitrogen and oxygen atoms in total. The minimum atomic E-state index is 0.214. The lowest BCUT2D eigenvalue weighted by molar-refractivity contribution is 0.204. The average molecular weight is 263 g/mol. The Morgan fingerprint density at radius 1 is 1.53 bits per heavy atom. The van der Waals surface area contributed by atoms with Gasteiger partial charge in [-0.15, -0.1) is 0 Å². The number of rotatable bonds is 8. The number of aromatic nitrogens is 1. The summed E-state index contributed by atoms with van der Waals surface area (Å²) in [6.45, 7) is 3.78. The molecule has 1 heterocycles. The van der Waals surface area contributed by atoms with Crippen LogP contribution in [0, 0.1) is 0 Å². The summed E-state index contributed by atoms with van der Waals surface area (Å²) in [5.74, 6) is 1.10. The average Bonchev–Trinajstić information content (AvgIpc) is 3.25. The highest BCUT2D eigenvalue weighted by molar-refractivity contribution is 5.49. The summed E-state index contributed by atoms with van der Waals surface area (Å²) in [5, 5.41) is 0. The molecule has 0 aromatic carbocycles. The number of hydrogen-bond acceptors (Lipinski definition) is 4. The zero-order chi connectivity index (χ0) is 13.7. The number of pyridine rings is 1. The molecule has 106 valence electrons. The highest BCUT2D eigenvalue weighted by Gasteiger charge is 2.30. The molecule has 0 amide bonds. The predicted octanol–water partition coefficient (Wildman–Crippen LogP) is 1.98. The molecule has 2 rings (SSSR count). The van der Waals surface area contributed by atoms with Crippen LogP contribution in [-0.4, -0.2) is 37.3 Å². The summed E-state index contributed by atoms with van der Waals surface area (Å²) >= 11 is 0. The number of anilines is 1. The fourth-order valence-corrected chi connectivity index (χ4v) is 2.31. The normalized spacial score (nSPS) is 16.4. The van der Waals surface area contributed by atoms with Crippen molar-refractivity contribution in [2.75, 3.05) is 25.2 Å². The van der Waals surface area contributed by atoms with Gasteiger partial charge in [-0.25, -0.2) is 4.98 Å². The molecule has 0 saturated heterocycles. The first-order valence-electron chi connectivity index (χ1n) is 7.21. The number of methoxy groups -OCH3 is 1. The standard InChI is InChI=1S/C15H25N3O/c1-3-13(16)11-12-5-4-8-17-15(12)18(9-10-19-2)14-6-7-14/h4-5,8,13-14H,3,6-7,9-11,16H2,1-2H3. The van der Waals surface area contributed by atoms with E-state index >= 15 is 0 Å². The lowest BCUT2D eigenvalue weighted by atomic mass is 10.1. The Morgan fingerprint density at radius 2 is 2.32 bits per heavy atom. The lowest BCUT2D eigenvalue weighted by Crippen LogP contribution is -2.32. The molecular formula is C15H25N3O. The molecule has 0 spiro atoms. The van der Waals surface area contributed by atoms with Crippen LogP contribution in [0.5, 0.6) is 0 Å². The third kappa shape index (κ3) is 3.91. The Labute approximate surface area is 116 Å². The maximum absolute atomic E-state index is 6.09. The van der Waals surface area contributed by atoms with Crippen molar-refractivity contribution in [2.45, 2.75) is 44.7 Å². The van der Waals surface area contributed by atoms with Crippen molar-refractivity contribution in [3.05, 3.63) is 23.9 Å². The first-order chi connectivity index (χ1) is 9.26. The van der Waals surface area contributed by atoms with Gasteiger partial charge in [0.15, 0.2) is 0 Å². The van der Waals surface area contributed by atoms with Gasteiger partial charge in [-0.2, -0.15) is 0 Å². The molecule has 2 N–H and O–H groups in total. The minimum Gasteiger partial charge on any atom is -0.383 e. The van der Waals surface area contributed by atoms with E-state index in [-0.39, 0.29) is 6.04 Å². The summed E-state index contributed by atoms with van der Waals surface area (Å²) in [6, 6.07) is 5.01. The molecule has 1 fully saturated rings. The smallest absolute Gasteiger partial charge is 0.132 e. The summed E-state index contributed by atoms with van der Waals surface area (Å²) < 4.78 is 5.22. The number of hydrogen-bond donors (Lipinski definition) is 1. The Kier molecular flexibility index (Phi) is 5.16. The molecule has 1 saturated carbocycles. The van der Waals surface area contributed by atoms with Crippen molar-refractivity contribution < 1.29 is 4.74 Å². The highest BCUT2D eigenvalue weighted by Crippen LogP contribution is 2.32. The second kappa shape index (κ2) is 6.87. The van der Waals surface area contributed by atoms with Gasteiger partial charge in [0, 0.05) is 31.9 Å². The molecule has 4 heteroatoms. The quantitative estimate of drug-likeness (QED) is 0.779. The highest BCUT2D eigenvalue weighted by atomic mass is 16.5. The maximum atomic E-state index is 6.09. The van der Waals surface area contributed by atoms with Gasteiger partial charge in [-0.3, -0.25) is 0 Å². The summed E-state index contributed by atoms with van der Waals surface area (Å²) in [4.78, 5) is 6.99. The molecule has 0 radical (unpaired) electrons. The van der Waals surface area contributed by atoms with Crippen LogP contribution >= 0.6 is 0 Å². The Morgan fingerprint density at radius 3 is 2.95 bits per heavy atom. The maximum Gasteiger partial charge on any atom is 0.132 e. The molecular weight excluding hydrogens is 238 g/mol. The zero-order valence-corrected chi connectivity index (χ0v) is 12.0. The van der Waals surface area contributed by atoms with E-state index in [2.05, 4.69) is 22.9 Å². The fraction of sp³-hybridized carbons (Fsp3) is 0.667. The monoisotopic (exact) mass is 263 g/mol. The molecule has 1 aliphatic rings. The third-order valence-electron chi connectivity index (χ3n) is 3.67. The molecule has 1 atom stereocenters. The Balaban J connectivity index is 2.15. The number of nitrogens with two attached hydrogens (primary N) is 1. The number of nitrogens with zero attached hydrogens (tertiary/aromatic N) is 2. The van der Waals surface area contributed by atoms with Gasteiger partial charge in [0.2, 0.25) is 0 Å². The summed E-state index contributed by atoms with van der Waals surface area (Å²) in [7, 11) is 1.75. The summed E-state index contributed by atoms with van der Waals surface area (Å²) in [5.41, 5.74) is 7.36. The molecule has 1 aromatic rings. The fourth-order valence-electron chi connectivity index (χ4n) is 2.31. The van der Waals surface area contributed by atoms with Crippen molar-refractivity contribution in [2.24, 2.45) is 5.73 Å². The van der Waals surface area contributed by atoms with Crippen LogP contribution in [0.4, 0.5) is 5.82 Å². The predicted molar refractivity (Wildman–Crippen MR) is 78.5 cm³/mol. The van der Waals surface area contributed by atoms with Crippen LogP contribution in [-0.2, 0) is 11.2 Å². The van der Waals surface area contributed by atoms with Gasteiger partial charge in [0.25, 0.3) is 0 Å². The van der Waals surface area contributed by atoms with Crippen molar-refractivity contribution in [1.29, 1.82) is 0 Å².